The number of aliphatic hydroxyl groups excluding tert-OH is 2. The van der Waals surface area contributed by atoms with Crippen LogP contribution in [0.5, 0.6) is 0 Å². The fourth-order valence-electron chi connectivity index (χ4n) is 5.74. The van der Waals surface area contributed by atoms with Gasteiger partial charge in [0.1, 0.15) is 5.76 Å². The first-order valence-electron chi connectivity index (χ1n) is 8.96. The number of hydrogen-bond acceptors (Lipinski definition) is 4. The molecule has 4 nitrogen and oxygen atoms in total. The topological polar surface area (TPSA) is 74.6 Å². The van der Waals surface area contributed by atoms with Crippen molar-refractivity contribution in [3.8, 4) is 0 Å². The second-order valence-corrected chi connectivity index (χ2v) is 8.94. The van der Waals surface area contributed by atoms with Gasteiger partial charge in [-0.2, -0.15) is 0 Å². The number of Topliss-reactive ketones (excluding diaryl/α,β-unsaturated/α-hetero) is 2. The van der Waals surface area contributed by atoms with E-state index in [1.807, 2.05) is 6.92 Å². The van der Waals surface area contributed by atoms with Crippen LogP contribution in [0.25, 0.3) is 0 Å². The first-order valence-corrected chi connectivity index (χ1v) is 8.96. The van der Waals surface area contributed by atoms with Crippen molar-refractivity contribution in [3.05, 3.63) is 22.5 Å². The number of rotatable bonds is 1. The van der Waals surface area contributed by atoms with Gasteiger partial charge in [-0.05, 0) is 30.1 Å². The van der Waals surface area contributed by atoms with Gasteiger partial charge in [-0.15, -0.1) is 0 Å². The molecule has 1 saturated carbocycles. The van der Waals surface area contributed by atoms with Gasteiger partial charge >= 0.3 is 0 Å². The summed E-state index contributed by atoms with van der Waals surface area (Å²) in [6, 6.07) is 0. The van der Waals surface area contributed by atoms with Crippen LogP contribution in [0.1, 0.15) is 60.3 Å². The molecular formula is C20H28O4. The van der Waals surface area contributed by atoms with E-state index < -0.39 is 23.1 Å². The van der Waals surface area contributed by atoms with Crippen LogP contribution < -0.4 is 0 Å². The molecule has 3 aliphatic rings. The van der Waals surface area contributed by atoms with Gasteiger partial charge < -0.3 is 10.2 Å². The number of hydrogen-bond donors (Lipinski definition) is 2. The summed E-state index contributed by atoms with van der Waals surface area (Å²) in [6.07, 6.45) is 2.35. The maximum atomic E-state index is 13.0. The Morgan fingerprint density at radius 2 is 1.71 bits per heavy atom. The predicted octanol–water partition coefficient (Wildman–Crippen LogP) is 3.50. The minimum Gasteiger partial charge on any atom is -0.507 e. The summed E-state index contributed by atoms with van der Waals surface area (Å²) >= 11 is 0. The Bertz CT molecular complexity index is 680. The first kappa shape index (κ1) is 17.4. The molecule has 0 aromatic rings. The highest BCUT2D eigenvalue weighted by Gasteiger charge is 2.58. The van der Waals surface area contributed by atoms with Gasteiger partial charge in [0.25, 0.3) is 0 Å². The SMILES string of the molecule is CC(C)C1=C(O)C2=C(C(=O)C1=O)C1(C)CCCC(C)(C)C1C(O)C2. The molecule has 3 rings (SSSR count). The molecule has 0 aliphatic heterocycles. The molecule has 0 spiro atoms. The minimum atomic E-state index is -0.611. The lowest BCUT2D eigenvalue weighted by atomic mass is 9.48. The third-order valence-corrected chi connectivity index (χ3v) is 6.51. The highest BCUT2D eigenvalue weighted by molar-refractivity contribution is 6.50. The quantitative estimate of drug-likeness (QED) is 0.569. The molecule has 4 heteroatoms. The van der Waals surface area contributed by atoms with Gasteiger partial charge in [-0.1, -0.05) is 41.0 Å². The van der Waals surface area contributed by atoms with Crippen LogP contribution in [0.2, 0.25) is 0 Å². The lowest BCUT2D eigenvalue weighted by Gasteiger charge is -2.56. The van der Waals surface area contributed by atoms with E-state index in [2.05, 4.69) is 13.8 Å². The van der Waals surface area contributed by atoms with Gasteiger partial charge in [0, 0.05) is 28.6 Å². The fourth-order valence-corrected chi connectivity index (χ4v) is 5.74. The zero-order valence-electron chi connectivity index (χ0n) is 15.3. The summed E-state index contributed by atoms with van der Waals surface area (Å²) in [5, 5.41) is 21.6. The van der Waals surface area contributed by atoms with Crippen LogP contribution >= 0.6 is 0 Å². The molecular weight excluding hydrogens is 304 g/mol. The van der Waals surface area contributed by atoms with E-state index >= 15 is 0 Å². The number of carbonyl (C=O) groups is 2. The summed E-state index contributed by atoms with van der Waals surface area (Å²) in [7, 11) is 0. The first-order chi connectivity index (χ1) is 11.0. The number of allylic oxidation sites excluding steroid dienone is 3. The lowest BCUT2D eigenvalue weighted by molar-refractivity contribution is -0.136. The van der Waals surface area contributed by atoms with Crippen LogP contribution in [-0.2, 0) is 9.59 Å². The average molecular weight is 332 g/mol. The van der Waals surface area contributed by atoms with Crippen molar-refractivity contribution in [3.63, 3.8) is 0 Å². The normalized spacial score (nSPS) is 36.1. The van der Waals surface area contributed by atoms with E-state index in [-0.39, 0.29) is 35.0 Å². The minimum absolute atomic E-state index is 0.0632. The summed E-state index contributed by atoms with van der Waals surface area (Å²) in [5.74, 6) is -1.40. The molecule has 0 heterocycles. The summed E-state index contributed by atoms with van der Waals surface area (Å²) < 4.78 is 0. The van der Waals surface area contributed by atoms with E-state index in [0.717, 1.165) is 19.3 Å². The van der Waals surface area contributed by atoms with Crippen molar-refractivity contribution < 1.29 is 19.8 Å². The molecule has 0 radical (unpaired) electrons. The molecule has 24 heavy (non-hydrogen) atoms. The zero-order chi connectivity index (χ0) is 18.0. The Morgan fingerprint density at radius 3 is 2.29 bits per heavy atom. The Hall–Kier alpha value is -1.42. The number of carbonyl (C=O) groups excluding carboxylic acids is 2. The number of fused-ring (bicyclic) bond motifs is 2. The van der Waals surface area contributed by atoms with Gasteiger partial charge in [-0.3, -0.25) is 9.59 Å². The molecule has 0 aromatic heterocycles. The highest BCUT2D eigenvalue weighted by atomic mass is 16.3. The van der Waals surface area contributed by atoms with Crippen LogP contribution in [0.4, 0.5) is 0 Å². The van der Waals surface area contributed by atoms with E-state index in [9.17, 15) is 19.8 Å². The highest BCUT2D eigenvalue weighted by Crippen LogP contribution is 2.61. The molecule has 3 aliphatic carbocycles. The standard InChI is InChI=1S/C20H28O4/c1-10(2)13-15(22)11-9-12(21)18-19(3,4)7-6-8-20(18,5)14(11)17(24)16(13)23/h10,12,18,21-22H,6-9H2,1-5H3. The van der Waals surface area contributed by atoms with Crippen LogP contribution in [0.15, 0.2) is 22.5 Å². The van der Waals surface area contributed by atoms with Crippen molar-refractivity contribution in [2.75, 3.05) is 0 Å². The zero-order valence-corrected chi connectivity index (χ0v) is 15.3. The fraction of sp³-hybridized carbons (Fsp3) is 0.700. The van der Waals surface area contributed by atoms with Crippen molar-refractivity contribution in [2.45, 2.75) is 66.4 Å². The van der Waals surface area contributed by atoms with Gasteiger partial charge in [0.2, 0.25) is 11.6 Å². The summed E-state index contributed by atoms with van der Waals surface area (Å²) in [4.78, 5) is 25.6. The van der Waals surface area contributed by atoms with E-state index in [1.54, 1.807) is 13.8 Å². The third-order valence-electron chi connectivity index (χ3n) is 6.51. The van der Waals surface area contributed by atoms with Gasteiger partial charge in [0.15, 0.2) is 0 Å². The van der Waals surface area contributed by atoms with E-state index in [4.69, 9.17) is 0 Å². The van der Waals surface area contributed by atoms with Crippen LogP contribution in [0, 0.1) is 22.7 Å². The maximum absolute atomic E-state index is 13.0. The second-order valence-electron chi connectivity index (χ2n) is 8.94. The molecule has 3 unspecified atom stereocenters. The number of aliphatic hydroxyl groups is 2. The maximum Gasteiger partial charge on any atom is 0.233 e. The molecule has 0 amide bonds. The van der Waals surface area contributed by atoms with Crippen molar-refractivity contribution in [1.29, 1.82) is 0 Å². The van der Waals surface area contributed by atoms with Crippen molar-refractivity contribution in [2.24, 2.45) is 22.7 Å². The molecule has 0 aromatic carbocycles. The molecule has 0 saturated heterocycles. The molecule has 0 bridgehead atoms. The summed E-state index contributed by atoms with van der Waals surface area (Å²) in [5.41, 5.74) is 0.511. The second kappa shape index (κ2) is 5.29. The summed E-state index contributed by atoms with van der Waals surface area (Å²) in [6.45, 7) is 9.86. The monoisotopic (exact) mass is 332 g/mol. The van der Waals surface area contributed by atoms with Crippen molar-refractivity contribution in [1.82, 2.24) is 0 Å². The largest absolute Gasteiger partial charge is 0.507 e. The van der Waals surface area contributed by atoms with Gasteiger partial charge in [-0.25, -0.2) is 0 Å². The molecule has 132 valence electrons. The predicted molar refractivity (Wildman–Crippen MR) is 91.4 cm³/mol. The third kappa shape index (κ3) is 2.15. The van der Waals surface area contributed by atoms with Crippen molar-refractivity contribution >= 4 is 11.6 Å². The van der Waals surface area contributed by atoms with E-state index in [0.29, 0.717) is 11.1 Å². The van der Waals surface area contributed by atoms with Gasteiger partial charge in [0.05, 0.1) is 6.10 Å². The van der Waals surface area contributed by atoms with Crippen LogP contribution in [0.3, 0.4) is 0 Å². The number of ketones is 2. The molecule has 2 N–H and O–H groups in total. The Morgan fingerprint density at radius 1 is 1.08 bits per heavy atom. The smallest absolute Gasteiger partial charge is 0.233 e. The molecule has 1 fully saturated rings. The van der Waals surface area contributed by atoms with E-state index in [1.165, 1.54) is 0 Å². The Kier molecular flexibility index (Phi) is 3.83. The Balaban J connectivity index is 2.26. The average Bonchev–Trinajstić information content (AvgIpc) is 2.42. The Labute approximate surface area is 143 Å². The van der Waals surface area contributed by atoms with Crippen LogP contribution in [-0.4, -0.2) is 27.9 Å². The molecule has 3 atom stereocenters. The lowest BCUT2D eigenvalue weighted by Crippen LogP contribution is -2.55.